The lowest BCUT2D eigenvalue weighted by Crippen LogP contribution is -2.27. The number of ether oxygens (including phenoxy) is 2. The molecule has 3 rings (SSSR count). The van der Waals surface area contributed by atoms with Gasteiger partial charge in [0.15, 0.2) is 6.61 Å². The Labute approximate surface area is 163 Å². The molecule has 0 fully saturated rings. The topological polar surface area (TPSA) is 89.7 Å². The second kappa shape index (κ2) is 8.90. The highest BCUT2D eigenvalue weighted by atomic mass is 16.5. The maximum Gasteiger partial charge on any atom is 0.316 e. The Kier molecular flexibility index (Phi) is 6.11. The number of hydrogen-bond donors (Lipinski definition) is 1. The number of hydrogen-bond acceptors (Lipinski definition) is 7. The summed E-state index contributed by atoms with van der Waals surface area (Å²) < 4.78 is 16.6. The molecule has 0 bridgehead atoms. The molecule has 1 heterocycles. The van der Waals surface area contributed by atoms with Gasteiger partial charge in [-0.2, -0.15) is 0 Å². The van der Waals surface area contributed by atoms with Crippen LogP contribution in [0.5, 0.6) is 11.5 Å². The zero-order valence-corrected chi connectivity index (χ0v) is 16.0. The van der Waals surface area contributed by atoms with E-state index in [9.17, 15) is 4.79 Å². The summed E-state index contributed by atoms with van der Waals surface area (Å²) in [6.45, 7) is 0.377. The van der Waals surface area contributed by atoms with Crippen LogP contribution in [0, 0.1) is 0 Å². The summed E-state index contributed by atoms with van der Waals surface area (Å²) in [6, 6.07) is 15.2. The van der Waals surface area contributed by atoms with Crippen LogP contribution in [0.4, 0.5) is 6.01 Å². The summed E-state index contributed by atoms with van der Waals surface area (Å²) in [7, 11) is 4.97. The number of nitrogens with zero attached hydrogens (tertiary/aromatic N) is 3. The third-order valence-electron chi connectivity index (χ3n) is 4.02. The minimum Gasteiger partial charge on any atom is -0.496 e. The van der Waals surface area contributed by atoms with Crippen molar-refractivity contribution >= 4 is 11.9 Å². The molecule has 1 N–H and O–H groups in total. The first-order chi connectivity index (χ1) is 13.6. The number of nitrogens with one attached hydrogen (secondary N) is 1. The summed E-state index contributed by atoms with van der Waals surface area (Å²) in [5.74, 6) is 1.53. The zero-order chi connectivity index (χ0) is 19.9. The fourth-order valence-corrected chi connectivity index (χ4v) is 2.45. The standard InChI is InChI=1S/C20H22N4O4/c1-24(2)18(25)13-27-16-10-6-4-8-14(16)12-21-20-23-22-19(28-20)15-9-5-7-11-17(15)26-3/h4-11H,12-13H2,1-3H3,(H,21,23). The molecule has 0 unspecified atom stereocenters. The Morgan fingerprint density at radius 3 is 2.54 bits per heavy atom. The molecule has 8 nitrogen and oxygen atoms in total. The predicted octanol–water partition coefficient (Wildman–Crippen LogP) is 2.82. The van der Waals surface area contributed by atoms with Gasteiger partial charge in [-0.05, 0) is 18.2 Å². The predicted molar refractivity (Wildman–Crippen MR) is 104 cm³/mol. The van der Waals surface area contributed by atoms with Crippen molar-refractivity contribution in [1.82, 2.24) is 15.1 Å². The van der Waals surface area contributed by atoms with Crippen LogP contribution in [-0.4, -0.2) is 48.8 Å². The number of benzene rings is 2. The van der Waals surface area contributed by atoms with E-state index >= 15 is 0 Å². The molecule has 8 heteroatoms. The van der Waals surface area contributed by atoms with Crippen molar-refractivity contribution in [3.63, 3.8) is 0 Å². The minimum atomic E-state index is -0.110. The van der Waals surface area contributed by atoms with Crippen molar-refractivity contribution in [2.75, 3.05) is 33.1 Å². The van der Waals surface area contributed by atoms with E-state index in [0.717, 1.165) is 11.1 Å². The number of amides is 1. The van der Waals surface area contributed by atoms with Crippen molar-refractivity contribution in [2.45, 2.75) is 6.54 Å². The third kappa shape index (κ3) is 4.59. The zero-order valence-electron chi connectivity index (χ0n) is 16.0. The molecule has 146 valence electrons. The van der Waals surface area contributed by atoms with E-state index < -0.39 is 0 Å². The summed E-state index contributed by atoms with van der Waals surface area (Å²) >= 11 is 0. The van der Waals surface area contributed by atoms with Crippen molar-refractivity contribution in [2.24, 2.45) is 0 Å². The molecule has 28 heavy (non-hydrogen) atoms. The van der Waals surface area contributed by atoms with Gasteiger partial charge < -0.3 is 24.1 Å². The fraction of sp³-hybridized carbons (Fsp3) is 0.250. The maximum atomic E-state index is 11.7. The number of anilines is 1. The average Bonchev–Trinajstić information content (AvgIpc) is 3.19. The highest BCUT2D eigenvalue weighted by Gasteiger charge is 2.14. The molecule has 3 aromatic rings. The third-order valence-corrected chi connectivity index (χ3v) is 4.02. The summed E-state index contributed by atoms with van der Waals surface area (Å²) in [6.07, 6.45) is 0. The molecule has 0 atom stereocenters. The monoisotopic (exact) mass is 382 g/mol. The average molecular weight is 382 g/mol. The van der Waals surface area contributed by atoms with Crippen LogP contribution in [0.2, 0.25) is 0 Å². The normalized spacial score (nSPS) is 10.4. The highest BCUT2D eigenvalue weighted by molar-refractivity contribution is 5.77. The van der Waals surface area contributed by atoms with Gasteiger partial charge in [0.05, 0.1) is 12.7 Å². The Morgan fingerprint density at radius 1 is 1.07 bits per heavy atom. The van der Waals surface area contributed by atoms with Gasteiger partial charge in [0, 0.05) is 26.2 Å². The molecule has 1 aromatic heterocycles. The van der Waals surface area contributed by atoms with Gasteiger partial charge in [-0.1, -0.05) is 35.4 Å². The van der Waals surface area contributed by atoms with Crippen LogP contribution in [-0.2, 0) is 11.3 Å². The van der Waals surface area contributed by atoms with Crippen molar-refractivity contribution < 1.29 is 18.7 Å². The molecule has 0 saturated carbocycles. The van der Waals surface area contributed by atoms with Crippen LogP contribution in [0.3, 0.4) is 0 Å². The van der Waals surface area contributed by atoms with Crippen LogP contribution in [0.1, 0.15) is 5.56 Å². The smallest absolute Gasteiger partial charge is 0.316 e. The second-order valence-corrected chi connectivity index (χ2v) is 6.15. The lowest BCUT2D eigenvalue weighted by molar-refractivity contribution is -0.130. The molecule has 0 radical (unpaired) electrons. The van der Waals surface area contributed by atoms with Gasteiger partial charge in [-0.3, -0.25) is 4.79 Å². The summed E-state index contributed by atoms with van der Waals surface area (Å²) in [4.78, 5) is 13.2. The first-order valence-electron chi connectivity index (χ1n) is 8.70. The van der Waals surface area contributed by atoms with Crippen LogP contribution in [0.15, 0.2) is 52.9 Å². The fourth-order valence-electron chi connectivity index (χ4n) is 2.45. The summed E-state index contributed by atoms with van der Waals surface area (Å²) in [5.41, 5.74) is 1.59. The molecule has 0 saturated heterocycles. The Morgan fingerprint density at radius 2 is 1.79 bits per heavy atom. The Bertz CT molecular complexity index is 939. The molecule has 1 amide bonds. The van der Waals surface area contributed by atoms with E-state index in [1.54, 1.807) is 21.2 Å². The number of aromatic nitrogens is 2. The van der Waals surface area contributed by atoms with E-state index in [0.29, 0.717) is 23.9 Å². The van der Waals surface area contributed by atoms with E-state index in [2.05, 4.69) is 15.5 Å². The minimum absolute atomic E-state index is 0.0253. The molecule has 0 aliphatic rings. The first-order valence-corrected chi connectivity index (χ1v) is 8.70. The Hall–Kier alpha value is -3.55. The van der Waals surface area contributed by atoms with Gasteiger partial charge in [0.1, 0.15) is 11.5 Å². The quantitative estimate of drug-likeness (QED) is 0.641. The SMILES string of the molecule is COc1ccccc1-c1nnc(NCc2ccccc2OCC(=O)N(C)C)o1. The lowest BCUT2D eigenvalue weighted by Gasteiger charge is -2.14. The van der Waals surface area contributed by atoms with E-state index in [4.69, 9.17) is 13.9 Å². The van der Waals surface area contributed by atoms with Gasteiger partial charge >= 0.3 is 6.01 Å². The van der Waals surface area contributed by atoms with Crippen LogP contribution in [0.25, 0.3) is 11.5 Å². The number of rotatable bonds is 8. The number of carbonyl (C=O) groups excluding carboxylic acids is 1. The molecule has 0 aliphatic carbocycles. The molecule has 2 aromatic carbocycles. The van der Waals surface area contributed by atoms with Gasteiger partial charge in [0.2, 0.25) is 0 Å². The second-order valence-electron chi connectivity index (χ2n) is 6.15. The molecule has 0 aliphatic heterocycles. The van der Waals surface area contributed by atoms with Gasteiger partial charge in [-0.25, -0.2) is 0 Å². The van der Waals surface area contributed by atoms with Crippen molar-refractivity contribution in [3.05, 3.63) is 54.1 Å². The maximum absolute atomic E-state index is 11.7. The lowest BCUT2D eigenvalue weighted by atomic mass is 10.2. The highest BCUT2D eigenvalue weighted by Crippen LogP contribution is 2.29. The van der Waals surface area contributed by atoms with Crippen LogP contribution < -0.4 is 14.8 Å². The van der Waals surface area contributed by atoms with Crippen molar-refractivity contribution in [1.29, 1.82) is 0 Å². The van der Waals surface area contributed by atoms with E-state index in [-0.39, 0.29) is 18.5 Å². The Balaban J connectivity index is 1.67. The summed E-state index contributed by atoms with van der Waals surface area (Å²) in [5, 5.41) is 11.2. The van der Waals surface area contributed by atoms with Gasteiger partial charge in [0.25, 0.3) is 11.8 Å². The number of para-hydroxylation sites is 2. The first kappa shape index (κ1) is 19.2. The van der Waals surface area contributed by atoms with Gasteiger partial charge in [-0.15, -0.1) is 5.10 Å². The van der Waals surface area contributed by atoms with Crippen LogP contribution >= 0.6 is 0 Å². The molecule has 0 spiro atoms. The number of carbonyl (C=O) groups is 1. The molecular formula is C20H22N4O4. The van der Waals surface area contributed by atoms with E-state index in [1.165, 1.54) is 4.90 Å². The van der Waals surface area contributed by atoms with Crippen molar-refractivity contribution in [3.8, 4) is 23.0 Å². The largest absolute Gasteiger partial charge is 0.496 e. The molecular weight excluding hydrogens is 360 g/mol. The number of methoxy groups -OCH3 is 1. The number of likely N-dealkylation sites (N-methyl/N-ethyl adjacent to an activating group) is 1. The van der Waals surface area contributed by atoms with E-state index in [1.807, 2.05) is 48.5 Å².